The van der Waals surface area contributed by atoms with Crippen LogP contribution in [0.1, 0.15) is 25.7 Å². The molecule has 0 aliphatic carbocycles. The van der Waals surface area contributed by atoms with Crippen LogP contribution < -0.4 is 5.73 Å². The minimum absolute atomic E-state index is 0.755. The van der Waals surface area contributed by atoms with Gasteiger partial charge in [-0.2, -0.15) is 0 Å². The van der Waals surface area contributed by atoms with Gasteiger partial charge in [-0.1, -0.05) is 6.42 Å². The van der Waals surface area contributed by atoms with Crippen molar-refractivity contribution < 1.29 is 4.79 Å². The Hall–Kier alpha value is -0.590. The first-order chi connectivity index (χ1) is 4.41. The third-order valence-electron chi connectivity index (χ3n) is 1.14. The molecular weight excluding hydrogens is 114 g/mol. The molecule has 0 saturated heterocycles. The lowest BCUT2D eigenvalue weighted by atomic mass is 10.2. The number of unbranched alkanes of at least 4 members (excludes halogenated alkanes) is 3. The van der Waals surface area contributed by atoms with Crippen molar-refractivity contribution in [3.8, 4) is 0 Å². The zero-order valence-electron chi connectivity index (χ0n) is 5.60. The number of carbonyl (C=O) groups excluding carboxylic acids is 1. The molecule has 0 aromatic heterocycles. The maximum Gasteiger partial charge on any atom is 0.120 e. The summed E-state index contributed by atoms with van der Waals surface area (Å²) in [5, 5.41) is 0. The summed E-state index contributed by atoms with van der Waals surface area (Å²) in [5.41, 5.74) is 5.26. The summed E-state index contributed by atoms with van der Waals surface area (Å²) < 4.78 is 0. The molecule has 0 aliphatic heterocycles. The molecule has 0 spiro atoms. The van der Waals surface area contributed by atoms with Gasteiger partial charge in [0.2, 0.25) is 0 Å². The largest absolute Gasteiger partial charge is 0.330 e. The third-order valence-corrected chi connectivity index (χ3v) is 1.14. The first-order valence-electron chi connectivity index (χ1n) is 3.31. The van der Waals surface area contributed by atoms with Crippen molar-refractivity contribution in [2.24, 2.45) is 5.73 Å². The van der Waals surface area contributed by atoms with Crippen LogP contribution in [0.2, 0.25) is 0 Å². The van der Waals surface area contributed by atoms with Crippen molar-refractivity contribution in [3.05, 3.63) is 6.08 Å². The second kappa shape index (κ2) is 7.41. The Bertz CT molecular complexity index is 95.1. The molecule has 0 amide bonds. The van der Waals surface area contributed by atoms with Crippen LogP contribution in [0.25, 0.3) is 0 Å². The lowest BCUT2D eigenvalue weighted by molar-refractivity contribution is 0.567. The first-order valence-corrected chi connectivity index (χ1v) is 3.31. The minimum Gasteiger partial charge on any atom is -0.330 e. The summed E-state index contributed by atoms with van der Waals surface area (Å²) in [6.07, 6.45) is 5.62. The van der Waals surface area contributed by atoms with Gasteiger partial charge in [0.15, 0.2) is 0 Å². The highest BCUT2D eigenvalue weighted by Gasteiger charge is 1.83. The van der Waals surface area contributed by atoms with Crippen molar-refractivity contribution in [1.82, 2.24) is 0 Å². The van der Waals surface area contributed by atoms with Crippen LogP contribution in [0.15, 0.2) is 6.08 Å². The van der Waals surface area contributed by atoms with E-state index in [4.69, 9.17) is 5.73 Å². The van der Waals surface area contributed by atoms with Crippen LogP contribution in [0.4, 0.5) is 0 Å². The Balaban J connectivity index is 2.82. The highest BCUT2D eigenvalue weighted by molar-refractivity contribution is 5.44. The highest BCUT2D eigenvalue weighted by Crippen LogP contribution is 1.97. The van der Waals surface area contributed by atoms with E-state index in [1.54, 1.807) is 5.94 Å². The summed E-state index contributed by atoms with van der Waals surface area (Å²) in [6, 6.07) is 0. The maximum atomic E-state index is 9.63. The SMILES string of the molecule is NCCCCCC=C=O. The lowest BCUT2D eigenvalue weighted by Crippen LogP contribution is -1.97. The van der Waals surface area contributed by atoms with E-state index < -0.39 is 0 Å². The van der Waals surface area contributed by atoms with Gasteiger partial charge in [0, 0.05) is 0 Å². The van der Waals surface area contributed by atoms with Crippen molar-refractivity contribution in [2.75, 3.05) is 6.54 Å². The average molecular weight is 127 g/mol. The van der Waals surface area contributed by atoms with Gasteiger partial charge in [-0.15, -0.1) is 0 Å². The Morgan fingerprint density at radius 1 is 1.33 bits per heavy atom. The van der Waals surface area contributed by atoms with Crippen molar-refractivity contribution in [3.63, 3.8) is 0 Å². The van der Waals surface area contributed by atoms with E-state index >= 15 is 0 Å². The molecule has 2 nitrogen and oxygen atoms in total. The quantitative estimate of drug-likeness (QED) is 0.440. The Kier molecular flexibility index (Phi) is 6.92. The van der Waals surface area contributed by atoms with Gasteiger partial charge in [0.1, 0.15) is 5.94 Å². The molecule has 0 aliphatic rings. The molecule has 0 bridgehead atoms. The molecule has 52 valence electrons. The van der Waals surface area contributed by atoms with Gasteiger partial charge in [-0.05, 0) is 31.9 Å². The first kappa shape index (κ1) is 8.41. The Morgan fingerprint density at radius 3 is 2.67 bits per heavy atom. The summed E-state index contributed by atoms with van der Waals surface area (Å²) in [7, 11) is 0. The van der Waals surface area contributed by atoms with Crippen molar-refractivity contribution >= 4 is 5.94 Å². The zero-order chi connectivity index (χ0) is 6.95. The summed E-state index contributed by atoms with van der Waals surface area (Å²) in [5.74, 6) is 1.74. The summed E-state index contributed by atoms with van der Waals surface area (Å²) in [6.45, 7) is 0.755. The monoisotopic (exact) mass is 127 g/mol. The molecule has 0 heterocycles. The molecule has 9 heavy (non-hydrogen) atoms. The molecule has 0 aromatic rings. The van der Waals surface area contributed by atoms with Gasteiger partial charge >= 0.3 is 0 Å². The van der Waals surface area contributed by atoms with Crippen molar-refractivity contribution in [1.29, 1.82) is 0 Å². The standard InChI is InChI=1S/C7H13NO/c8-6-4-2-1-3-5-7-9/h5H,1-4,6,8H2. The second-order valence-corrected chi connectivity index (χ2v) is 1.96. The summed E-state index contributed by atoms with van der Waals surface area (Å²) in [4.78, 5) is 9.63. The van der Waals surface area contributed by atoms with E-state index in [1.807, 2.05) is 0 Å². The van der Waals surface area contributed by atoms with E-state index in [0.717, 1.165) is 32.2 Å². The van der Waals surface area contributed by atoms with E-state index in [1.165, 1.54) is 6.08 Å². The molecule has 0 atom stereocenters. The summed E-state index contributed by atoms with van der Waals surface area (Å²) >= 11 is 0. The molecule has 0 aromatic carbocycles. The van der Waals surface area contributed by atoms with Crippen molar-refractivity contribution in [2.45, 2.75) is 25.7 Å². The van der Waals surface area contributed by atoms with Crippen LogP contribution in [0.5, 0.6) is 0 Å². The Labute approximate surface area is 55.7 Å². The molecule has 0 radical (unpaired) electrons. The number of allylic oxidation sites excluding steroid dienone is 1. The number of hydrogen-bond donors (Lipinski definition) is 1. The number of rotatable bonds is 5. The predicted molar refractivity (Wildman–Crippen MR) is 37.8 cm³/mol. The Morgan fingerprint density at radius 2 is 2.11 bits per heavy atom. The van der Waals surface area contributed by atoms with Crippen LogP contribution in [0, 0.1) is 0 Å². The van der Waals surface area contributed by atoms with E-state index in [9.17, 15) is 4.79 Å². The lowest BCUT2D eigenvalue weighted by Gasteiger charge is -1.91. The molecule has 0 saturated carbocycles. The van der Waals surface area contributed by atoms with Gasteiger partial charge < -0.3 is 5.73 Å². The maximum absolute atomic E-state index is 9.63. The predicted octanol–water partition coefficient (Wildman–Crippen LogP) is 0.893. The number of nitrogens with two attached hydrogens (primary N) is 1. The average Bonchev–Trinajstić information content (AvgIpc) is 1.89. The van der Waals surface area contributed by atoms with Crippen LogP contribution in [-0.4, -0.2) is 12.5 Å². The topological polar surface area (TPSA) is 43.1 Å². The van der Waals surface area contributed by atoms with Crippen LogP contribution in [-0.2, 0) is 4.79 Å². The third kappa shape index (κ3) is 7.41. The smallest absolute Gasteiger partial charge is 0.120 e. The van der Waals surface area contributed by atoms with Gasteiger partial charge in [-0.3, -0.25) is 0 Å². The molecule has 2 heteroatoms. The second-order valence-electron chi connectivity index (χ2n) is 1.96. The zero-order valence-corrected chi connectivity index (χ0v) is 5.60. The van der Waals surface area contributed by atoms with Gasteiger partial charge in [0.05, 0.1) is 0 Å². The van der Waals surface area contributed by atoms with E-state index in [2.05, 4.69) is 0 Å². The van der Waals surface area contributed by atoms with Gasteiger partial charge in [0.25, 0.3) is 0 Å². The molecule has 0 unspecified atom stereocenters. The molecular formula is C7H13NO. The molecule has 2 N–H and O–H groups in total. The molecule has 0 rings (SSSR count). The van der Waals surface area contributed by atoms with Gasteiger partial charge in [-0.25, -0.2) is 4.79 Å². The fraction of sp³-hybridized carbons (Fsp3) is 0.714. The number of hydrogen-bond acceptors (Lipinski definition) is 2. The minimum atomic E-state index is 0.755. The molecule has 0 fully saturated rings. The van der Waals surface area contributed by atoms with E-state index in [-0.39, 0.29) is 0 Å². The van der Waals surface area contributed by atoms with E-state index in [0.29, 0.717) is 0 Å². The van der Waals surface area contributed by atoms with Crippen LogP contribution >= 0.6 is 0 Å². The fourth-order valence-corrected chi connectivity index (χ4v) is 0.626. The normalized spacial score (nSPS) is 8.56. The van der Waals surface area contributed by atoms with Crippen LogP contribution in [0.3, 0.4) is 0 Å². The highest BCUT2D eigenvalue weighted by atomic mass is 16.1. The fourth-order valence-electron chi connectivity index (χ4n) is 0.626.